The van der Waals surface area contributed by atoms with E-state index in [0.717, 1.165) is 16.1 Å². The zero-order chi connectivity index (χ0) is 15.7. The molecule has 4 nitrogen and oxygen atoms in total. The first-order valence-electron chi connectivity index (χ1n) is 7.33. The number of hydrogen-bond acceptors (Lipinski definition) is 3. The summed E-state index contributed by atoms with van der Waals surface area (Å²) >= 11 is 6.22. The second-order valence-corrected chi connectivity index (χ2v) is 6.14. The maximum Gasteiger partial charge on any atom is 0.258 e. The lowest BCUT2D eigenvalue weighted by molar-refractivity contribution is 0.0752. The van der Waals surface area contributed by atoms with Gasteiger partial charge in [-0.05, 0) is 43.2 Å². The van der Waals surface area contributed by atoms with Gasteiger partial charge < -0.3 is 10.2 Å². The van der Waals surface area contributed by atoms with E-state index in [1.54, 1.807) is 17.2 Å². The van der Waals surface area contributed by atoms with Gasteiger partial charge in [-0.25, -0.2) is 4.98 Å². The summed E-state index contributed by atoms with van der Waals surface area (Å²) in [6, 6.07) is 9.62. The van der Waals surface area contributed by atoms with Gasteiger partial charge in [0.25, 0.3) is 5.91 Å². The Morgan fingerprint density at radius 1 is 1.27 bits per heavy atom. The van der Waals surface area contributed by atoms with Crippen LogP contribution in [0.1, 0.15) is 35.3 Å². The Morgan fingerprint density at radius 3 is 2.82 bits per heavy atom. The van der Waals surface area contributed by atoms with Crippen LogP contribution in [0.25, 0.3) is 0 Å². The monoisotopic (exact) mass is 315 g/mol. The van der Waals surface area contributed by atoms with E-state index in [4.69, 9.17) is 11.6 Å². The molecule has 0 fully saturated rings. The molecule has 0 bridgehead atoms. The van der Waals surface area contributed by atoms with Crippen LogP contribution < -0.4 is 5.32 Å². The molecule has 1 aliphatic heterocycles. The molecule has 0 atom stereocenters. The lowest BCUT2D eigenvalue weighted by Gasteiger charge is -2.18. The van der Waals surface area contributed by atoms with Crippen molar-refractivity contribution in [2.45, 2.75) is 33.0 Å². The Labute approximate surface area is 135 Å². The third kappa shape index (κ3) is 2.79. The van der Waals surface area contributed by atoms with Crippen molar-refractivity contribution in [2.75, 3.05) is 5.32 Å². The molecule has 1 aromatic heterocycles. The number of amides is 1. The van der Waals surface area contributed by atoms with Crippen molar-refractivity contribution in [1.82, 2.24) is 9.88 Å². The standard InChI is InChI=1S/C17H18ClN3O/c1-11(2)20-16-13(6-4-8-19-16)17(22)21-9-12-5-3-7-15(18)14(12)10-21/h3-8,11H,9-10H2,1-2H3,(H,19,20). The molecule has 0 aliphatic carbocycles. The fraction of sp³-hybridized carbons (Fsp3) is 0.294. The Balaban J connectivity index is 1.86. The second-order valence-electron chi connectivity index (χ2n) is 5.74. The molecule has 2 heterocycles. The molecule has 2 aromatic rings. The van der Waals surface area contributed by atoms with Crippen molar-refractivity contribution >= 4 is 23.3 Å². The number of anilines is 1. The Kier molecular flexibility index (Phi) is 4.03. The third-order valence-corrected chi connectivity index (χ3v) is 4.03. The van der Waals surface area contributed by atoms with Gasteiger partial charge in [-0.1, -0.05) is 23.7 Å². The van der Waals surface area contributed by atoms with Gasteiger partial charge >= 0.3 is 0 Å². The highest BCUT2D eigenvalue weighted by atomic mass is 35.5. The molecule has 1 amide bonds. The summed E-state index contributed by atoms with van der Waals surface area (Å²) in [6.07, 6.45) is 1.69. The molecule has 5 heteroatoms. The highest BCUT2D eigenvalue weighted by molar-refractivity contribution is 6.31. The number of rotatable bonds is 3. The number of halogens is 1. The number of benzene rings is 1. The number of hydrogen-bond donors (Lipinski definition) is 1. The molecule has 22 heavy (non-hydrogen) atoms. The van der Waals surface area contributed by atoms with Crippen LogP contribution in [0.15, 0.2) is 36.5 Å². The molecule has 0 radical (unpaired) electrons. The van der Waals surface area contributed by atoms with Crippen LogP contribution in [0.4, 0.5) is 5.82 Å². The predicted octanol–water partition coefficient (Wildman–Crippen LogP) is 3.71. The number of pyridine rings is 1. The van der Waals surface area contributed by atoms with Crippen molar-refractivity contribution in [3.63, 3.8) is 0 Å². The molecule has 0 unspecified atom stereocenters. The summed E-state index contributed by atoms with van der Waals surface area (Å²) in [5.74, 6) is 0.605. The van der Waals surface area contributed by atoms with Crippen LogP contribution in [-0.4, -0.2) is 21.8 Å². The largest absolute Gasteiger partial charge is 0.367 e. The third-order valence-electron chi connectivity index (χ3n) is 3.68. The second kappa shape index (κ2) is 5.97. The van der Waals surface area contributed by atoms with E-state index in [2.05, 4.69) is 10.3 Å². The van der Waals surface area contributed by atoms with E-state index in [-0.39, 0.29) is 11.9 Å². The maximum atomic E-state index is 12.8. The van der Waals surface area contributed by atoms with E-state index >= 15 is 0 Å². The first-order valence-corrected chi connectivity index (χ1v) is 7.71. The molecule has 1 aliphatic rings. The van der Waals surface area contributed by atoms with Gasteiger partial charge in [-0.2, -0.15) is 0 Å². The SMILES string of the molecule is CC(C)Nc1ncccc1C(=O)N1Cc2cccc(Cl)c2C1. The van der Waals surface area contributed by atoms with Crippen LogP contribution in [0.5, 0.6) is 0 Å². The lowest BCUT2D eigenvalue weighted by Crippen LogP contribution is -2.27. The Morgan fingerprint density at radius 2 is 2.09 bits per heavy atom. The van der Waals surface area contributed by atoms with Crippen LogP contribution >= 0.6 is 11.6 Å². The Hall–Kier alpha value is -2.07. The molecule has 0 saturated heterocycles. The highest BCUT2D eigenvalue weighted by Crippen LogP contribution is 2.30. The van der Waals surface area contributed by atoms with Gasteiger partial charge in [0.15, 0.2) is 0 Å². The number of nitrogens with zero attached hydrogens (tertiary/aromatic N) is 2. The van der Waals surface area contributed by atoms with E-state index in [1.807, 2.05) is 38.1 Å². The molecular weight excluding hydrogens is 298 g/mol. The van der Waals surface area contributed by atoms with Gasteiger partial charge in [-0.15, -0.1) is 0 Å². The summed E-state index contributed by atoms with van der Waals surface area (Å²) in [4.78, 5) is 18.9. The van der Waals surface area contributed by atoms with Gasteiger partial charge in [0.05, 0.1) is 5.56 Å². The quantitative estimate of drug-likeness (QED) is 0.939. The molecular formula is C17H18ClN3O. The summed E-state index contributed by atoms with van der Waals surface area (Å²) in [7, 11) is 0. The zero-order valence-electron chi connectivity index (χ0n) is 12.6. The first-order chi connectivity index (χ1) is 10.6. The number of aromatic nitrogens is 1. The molecule has 0 spiro atoms. The topological polar surface area (TPSA) is 45.2 Å². The molecule has 1 N–H and O–H groups in total. The summed E-state index contributed by atoms with van der Waals surface area (Å²) in [6.45, 7) is 5.18. The fourth-order valence-corrected chi connectivity index (χ4v) is 2.92. The lowest BCUT2D eigenvalue weighted by atomic mass is 10.1. The zero-order valence-corrected chi connectivity index (χ0v) is 13.4. The highest BCUT2D eigenvalue weighted by Gasteiger charge is 2.27. The summed E-state index contributed by atoms with van der Waals surface area (Å²) in [5.41, 5.74) is 2.75. The van der Waals surface area contributed by atoms with Crippen LogP contribution in [0, 0.1) is 0 Å². The number of fused-ring (bicyclic) bond motifs is 1. The average molecular weight is 316 g/mol. The number of carbonyl (C=O) groups excluding carboxylic acids is 1. The fourth-order valence-electron chi connectivity index (χ4n) is 2.66. The number of nitrogens with one attached hydrogen (secondary N) is 1. The van der Waals surface area contributed by atoms with Crippen LogP contribution in [-0.2, 0) is 13.1 Å². The predicted molar refractivity (Wildman–Crippen MR) is 88.0 cm³/mol. The number of carbonyl (C=O) groups is 1. The maximum absolute atomic E-state index is 12.8. The van der Waals surface area contributed by atoms with Crippen LogP contribution in [0.2, 0.25) is 5.02 Å². The van der Waals surface area contributed by atoms with Gasteiger partial charge in [0, 0.05) is 30.4 Å². The van der Waals surface area contributed by atoms with Crippen molar-refractivity contribution in [3.8, 4) is 0 Å². The van der Waals surface area contributed by atoms with Crippen molar-refractivity contribution in [1.29, 1.82) is 0 Å². The molecule has 3 rings (SSSR count). The van der Waals surface area contributed by atoms with E-state index in [0.29, 0.717) is 24.5 Å². The first kappa shape index (κ1) is 14.9. The smallest absolute Gasteiger partial charge is 0.258 e. The molecule has 0 saturated carbocycles. The van der Waals surface area contributed by atoms with Gasteiger partial charge in [0.2, 0.25) is 0 Å². The van der Waals surface area contributed by atoms with Gasteiger partial charge in [-0.3, -0.25) is 4.79 Å². The summed E-state index contributed by atoms with van der Waals surface area (Å²) in [5, 5.41) is 3.95. The normalized spacial score (nSPS) is 13.4. The van der Waals surface area contributed by atoms with Crippen molar-refractivity contribution < 1.29 is 4.79 Å². The van der Waals surface area contributed by atoms with E-state index < -0.39 is 0 Å². The minimum absolute atomic E-state index is 0.0245. The molecule has 1 aromatic carbocycles. The van der Waals surface area contributed by atoms with Crippen molar-refractivity contribution in [3.05, 3.63) is 58.2 Å². The Bertz CT molecular complexity index is 715. The molecule has 114 valence electrons. The van der Waals surface area contributed by atoms with Crippen molar-refractivity contribution in [2.24, 2.45) is 0 Å². The average Bonchev–Trinajstić information content (AvgIpc) is 2.92. The minimum Gasteiger partial charge on any atom is -0.367 e. The summed E-state index contributed by atoms with van der Waals surface area (Å²) < 4.78 is 0. The minimum atomic E-state index is -0.0245. The van der Waals surface area contributed by atoms with E-state index in [1.165, 1.54) is 0 Å². The van der Waals surface area contributed by atoms with Gasteiger partial charge in [0.1, 0.15) is 5.82 Å². The van der Waals surface area contributed by atoms with E-state index in [9.17, 15) is 4.79 Å². The van der Waals surface area contributed by atoms with Crippen LogP contribution in [0.3, 0.4) is 0 Å².